The van der Waals surface area contributed by atoms with Gasteiger partial charge in [-0.25, -0.2) is 13.1 Å². The van der Waals surface area contributed by atoms with E-state index in [0.29, 0.717) is 17.9 Å². The van der Waals surface area contributed by atoms with Gasteiger partial charge in [-0.2, -0.15) is 19.3 Å². The van der Waals surface area contributed by atoms with Gasteiger partial charge in [0.15, 0.2) is 0 Å². The van der Waals surface area contributed by atoms with E-state index in [-0.39, 0.29) is 48.7 Å². The summed E-state index contributed by atoms with van der Waals surface area (Å²) in [5.74, 6) is -0.552. The number of benzene rings is 1. The molecule has 0 radical (unpaired) electrons. The zero-order valence-electron chi connectivity index (χ0n) is 16.3. The lowest BCUT2D eigenvalue weighted by molar-refractivity contribution is -0.121. The fraction of sp³-hybridized carbons (Fsp3) is 0.333. The quantitative estimate of drug-likeness (QED) is 0.480. The summed E-state index contributed by atoms with van der Waals surface area (Å²) in [4.78, 5) is 26.4. The van der Waals surface area contributed by atoms with E-state index in [1.165, 1.54) is 33.4 Å². The predicted octanol–water partition coefficient (Wildman–Crippen LogP) is -0.183. The van der Waals surface area contributed by atoms with E-state index in [2.05, 4.69) is 20.5 Å². The first-order chi connectivity index (χ1) is 14.9. The third-order valence-electron chi connectivity index (χ3n) is 5.31. The number of sulfonamides is 1. The highest BCUT2D eigenvalue weighted by molar-refractivity contribution is 7.89. The minimum atomic E-state index is -3.69. The third kappa shape index (κ3) is 3.51. The predicted molar refractivity (Wildman–Crippen MR) is 105 cm³/mol. The van der Waals surface area contributed by atoms with E-state index in [1.807, 2.05) is 0 Å². The van der Waals surface area contributed by atoms with Gasteiger partial charge in [-0.3, -0.25) is 14.5 Å². The largest absolute Gasteiger partial charge is 0.274 e. The fourth-order valence-corrected chi connectivity index (χ4v) is 5.11. The van der Waals surface area contributed by atoms with Crippen LogP contribution in [0.5, 0.6) is 0 Å². The van der Waals surface area contributed by atoms with Crippen LogP contribution < -0.4 is 4.90 Å². The second-order valence-corrected chi connectivity index (χ2v) is 9.28. The zero-order valence-corrected chi connectivity index (χ0v) is 17.1. The molecule has 12 nitrogen and oxygen atoms in total. The Labute approximate surface area is 177 Å². The highest BCUT2D eigenvalue weighted by atomic mass is 32.2. The Kier molecular flexibility index (Phi) is 4.63. The number of carbonyl (C=O) groups is 2. The molecule has 5 rings (SSSR count). The van der Waals surface area contributed by atoms with Gasteiger partial charge in [0.2, 0.25) is 21.8 Å². The molecule has 0 saturated carbocycles. The van der Waals surface area contributed by atoms with Gasteiger partial charge < -0.3 is 0 Å². The Bertz CT molecular complexity index is 1210. The summed E-state index contributed by atoms with van der Waals surface area (Å²) in [5, 5.41) is 16.2. The van der Waals surface area contributed by atoms with Crippen molar-refractivity contribution in [2.45, 2.75) is 30.3 Å². The highest BCUT2D eigenvalue weighted by Gasteiger charge is 2.38. The first-order valence-corrected chi connectivity index (χ1v) is 11.1. The van der Waals surface area contributed by atoms with Crippen LogP contribution in [0.2, 0.25) is 0 Å². The minimum absolute atomic E-state index is 0.109. The zero-order chi connectivity index (χ0) is 21.6. The molecule has 2 fully saturated rings. The summed E-state index contributed by atoms with van der Waals surface area (Å²) < 4.78 is 28.8. The van der Waals surface area contributed by atoms with Gasteiger partial charge in [0.1, 0.15) is 12.2 Å². The van der Waals surface area contributed by atoms with E-state index in [1.54, 1.807) is 23.3 Å². The Balaban J connectivity index is 1.24. The average molecular weight is 442 g/mol. The number of carbonyl (C=O) groups excluding carboxylic acids is 2. The van der Waals surface area contributed by atoms with Crippen molar-refractivity contribution in [3.8, 4) is 0 Å². The molecule has 31 heavy (non-hydrogen) atoms. The summed E-state index contributed by atoms with van der Waals surface area (Å²) in [6.07, 6.45) is 5.27. The summed E-state index contributed by atoms with van der Waals surface area (Å²) >= 11 is 0. The van der Waals surface area contributed by atoms with Crippen molar-refractivity contribution < 1.29 is 18.0 Å². The van der Waals surface area contributed by atoms with Crippen molar-refractivity contribution in [1.29, 1.82) is 0 Å². The lowest BCUT2D eigenvalue weighted by Crippen LogP contribution is -2.50. The van der Waals surface area contributed by atoms with Crippen LogP contribution in [0.3, 0.4) is 0 Å². The Morgan fingerprint density at radius 2 is 1.61 bits per heavy atom. The van der Waals surface area contributed by atoms with Crippen molar-refractivity contribution in [2.75, 3.05) is 18.0 Å². The van der Waals surface area contributed by atoms with Gasteiger partial charge in [-0.15, -0.1) is 5.10 Å². The summed E-state index contributed by atoms with van der Waals surface area (Å²) in [5.41, 5.74) is 1.06. The maximum Gasteiger partial charge on any atom is 0.243 e. The second kappa shape index (κ2) is 7.35. The van der Waals surface area contributed by atoms with Gasteiger partial charge in [-0.05, 0) is 24.3 Å². The van der Waals surface area contributed by atoms with Crippen molar-refractivity contribution in [1.82, 2.24) is 34.3 Å². The molecule has 2 aliphatic heterocycles. The Morgan fingerprint density at radius 3 is 2.26 bits per heavy atom. The second-order valence-electron chi connectivity index (χ2n) is 7.34. The van der Waals surface area contributed by atoms with Crippen molar-refractivity contribution in [3.05, 3.63) is 48.5 Å². The van der Waals surface area contributed by atoms with Crippen molar-refractivity contribution in [3.63, 3.8) is 0 Å². The molecule has 0 N–H and O–H groups in total. The first-order valence-electron chi connectivity index (χ1n) is 9.62. The van der Waals surface area contributed by atoms with E-state index in [9.17, 15) is 18.0 Å². The molecular weight excluding hydrogens is 424 g/mol. The normalized spacial score (nSPS) is 18.0. The molecule has 160 valence electrons. The first kappa shape index (κ1) is 19.5. The molecule has 1 aromatic carbocycles. The molecule has 2 amide bonds. The molecule has 13 heteroatoms. The molecule has 2 aliphatic rings. The number of aromatic nitrogens is 6. The molecule has 0 bridgehead atoms. The minimum Gasteiger partial charge on any atom is -0.274 e. The lowest BCUT2D eigenvalue weighted by atomic mass is 10.2. The molecule has 4 heterocycles. The summed E-state index contributed by atoms with van der Waals surface area (Å²) in [7, 11) is -3.69. The number of hydrogen-bond acceptors (Lipinski definition) is 8. The van der Waals surface area contributed by atoms with Crippen LogP contribution in [-0.2, 0) is 26.2 Å². The number of rotatable bonds is 6. The lowest BCUT2D eigenvalue weighted by Gasteiger charge is -2.37. The SMILES string of the molecule is O=C1CCC(=O)N1c1ccc(S(=O)(=O)N2CC(n3cc(Cn4nccn4)nn3)C2)cc1. The highest BCUT2D eigenvalue weighted by Crippen LogP contribution is 2.30. The van der Waals surface area contributed by atoms with Crippen LogP contribution in [0.4, 0.5) is 5.69 Å². The average Bonchev–Trinajstić information content (AvgIpc) is 3.44. The van der Waals surface area contributed by atoms with Crippen LogP contribution >= 0.6 is 0 Å². The van der Waals surface area contributed by atoms with E-state index < -0.39 is 10.0 Å². The number of imide groups is 1. The Morgan fingerprint density at radius 1 is 0.968 bits per heavy atom. The van der Waals surface area contributed by atoms with E-state index in [0.717, 1.165) is 4.90 Å². The molecule has 0 unspecified atom stereocenters. The standard InChI is InChI=1S/C18H18N8O4S/c27-17-5-6-18(28)26(17)14-1-3-16(4-2-14)31(29,30)23-11-15(12-23)24-9-13(21-22-24)10-25-19-7-8-20-25/h1-4,7-9,15H,5-6,10-12H2. The van der Waals surface area contributed by atoms with Crippen LogP contribution in [0, 0.1) is 0 Å². The number of nitrogens with zero attached hydrogens (tertiary/aromatic N) is 8. The van der Waals surface area contributed by atoms with Crippen molar-refractivity contribution >= 4 is 27.5 Å². The summed E-state index contributed by atoms with van der Waals surface area (Å²) in [6.45, 7) is 0.933. The molecule has 0 aliphatic carbocycles. The van der Waals surface area contributed by atoms with Gasteiger partial charge in [-0.1, -0.05) is 5.21 Å². The molecule has 2 aromatic heterocycles. The number of anilines is 1. The van der Waals surface area contributed by atoms with E-state index >= 15 is 0 Å². The topological polar surface area (TPSA) is 136 Å². The van der Waals surface area contributed by atoms with E-state index in [4.69, 9.17) is 0 Å². The van der Waals surface area contributed by atoms with Crippen LogP contribution in [0.15, 0.2) is 47.8 Å². The number of hydrogen-bond donors (Lipinski definition) is 0. The van der Waals surface area contributed by atoms with Gasteiger partial charge >= 0.3 is 0 Å². The van der Waals surface area contributed by atoms with Crippen LogP contribution in [0.1, 0.15) is 24.6 Å². The fourth-order valence-electron chi connectivity index (χ4n) is 3.60. The molecule has 0 spiro atoms. The van der Waals surface area contributed by atoms with Crippen molar-refractivity contribution in [2.24, 2.45) is 0 Å². The molecule has 2 saturated heterocycles. The van der Waals surface area contributed by atoms with Gasteiger partial charge in [0.05, 0.1) is 35.2 Å². The van der Waals surface area contributed by atoms with Gasteiger partial charge in [0, 0.05) is 25.9 Å². The van der Waals surface area contributed by atoms with Gasteiger partial charge in [0.25, 0.3) is 0 Å². The Hall–Kier alpha value is -3.45. The molecule has 0 atom stereocenters. The maximum absolute atomic E-state index is 12.9. The van der Waals surface area contributed by atoms with Crippen LogP contribution in [0.25, 0.3) is 0 Å². The monoisotopic (exact) mass is 442 g/mol. The maximum atomic E-state index is 12.9. The third-order valence-corrected chi connectivity index (χ3v) is 7.16. The molecule has 3 aromatic rings. The molecular formula is C18H18N8O4S. The number of amides is 2. The summed E-state index contributed by atoms with van der Waals surface area (Å²) in [6, 6.07) is 5.69. The van der Waals surface area contributed by atoms with Crippen LogP contribution in [-0.4, -0.2) is 67.6 Å². The smallest absolute Gasteiger partial charge is 0.243 e.